The average Bonchev–Trinajstić information content (AvgIpc) is 3.22. The summed E-state index contributed by atoms with van der Waals surface area (Å²) in [6.45, 7) is 5.69. The van der Waals surface area contributed by atoms with E-state index in [1.165, 1.54) is 45.4 Å². The molecule has 0 bridgehead atoms. The molecule has 0 aliphatic carbocycles. The molecule has 2 saturated heterocycles. The first-order chi connectivity index (χ1) is 10.3. The SMILES string of the molecule is c1cc(-c2ccc(CN3CCC4(CCNCC4)C3)o2)[nH]n1. The zero-order chi connectivity index (χ0) is 14.1. The van der Waals surface area contributed by atoms with Crippen LogP contribution >= 0.6 is 0 Å². The van der Waals surface area contributed by atoms with Gasteiger partial charge in [0.05, 0.1) is 6.54 Å². The highest BCUT2D eigenvalue weighted by atomic mass is 16.3. The molecule has 2 N–H and O–H groups in total. The summed E-state index contributed by atoms with van der Waals surface area (Å²) in [4.78, 5) is 2.54. The Bertz CT molecular complexity index is 583. The minimum atomic E-state index is 0.560. The van der Waals surface area contributed by atoms with Crippen LogP contribution in [0.4, 0.5) is 0 Å². The molecule has 0 amide bonds. The van der Waals surface area contributed by atoms with Gasteiger partial charge in [-0.3, -0.25) is 10.00 Å². The summed E-state index contributed by atoms with van der Waals surface area (Å²) in [5.41, 5.74) is 1.50. The number of aromatic amines is 1. The van der Waals surface area contributed by atoms with Gasteiger partial charge in [-0.2, -0.15) is 5.10 Å². The minimum Gasteiger partial charge on any atom is -0.458 e. The molecule has 0 atom stereocenters. The van der Waals surface area contributed by atoms with Gasteiger partial charge in [-0.15, -0.1) is 0 Å². The number of aromatic nitrogens is 2. The van der Waals surface area contributed by atoms with Gasteiger partial charge >= 0.3 is 0 Å². The van der Waals surface area contributed by atoms with Crippen molar-refractivity contribution in [2.45, 2.75) is 25.8 Å². The highest BCUT2D eigenvalue weighted by Gasteiger charge is 2.38. The van der Waals surface area contributed by atoms with E-state index in [2.05, 4.69) is 26.5 Å². The van der Waals surface area contributed by atoms with Crippen molar-refractivity contribution in [1.29, 1.82) is 0 Å². The molecule has 0 radical (unpaired) electrons. The molecule has 5 heteroatoms. The van der Waals surface area contributed by atoms with E-state index in [1.807, 2.05) is 12.1 Å². The normalized spacial score (nSPS) is 22.1. The highest BCUT2D eigenvalue weighted by molar-refractivity contribution is 5.51. The lowest BCUT2D eigenvalue weighted by Crippen LogP contribution is -2.38. The number of nitrogens with zero attached hydrogens (tertiary/aromatic N) is 2. The Morgan fingerprint density at radius 1 is 1.19 bits per heavy atom. The van der Waals surface area contributed by atoms with Crippen molar-refractivity contribution in [3.05, 3.63) is 30.2 Å². The van der Waals surface area contributed by atoms with Gasteiger partial charge in [0, 0.05) is 12.7 Å². The first-order valence-electron chi connectivity index (χ1n) is 7.85. The molecule has 2 aliphatic heterocycles. The van der Waals surface area contributed by atoms with Gasteiger partial charge in [-0.1, -0.05) is 0 Å². The van der Waals surface area contributed by atoms with Crippen LogP contribution in [0.25, 0.3) is 11.5 Å². The molecule has 2 aromatic heterocycles. The lowest BCUT2D eigenvalue weighted by Gasteiger charge is -2.33. The van der Waals surface area contributed by atoms with Crippen LogP contribution in [0.1, 0.15) is 25.0 Å². The Kier molecular flexibility index (Phi) is 3.31. The fourth-order valence-electron chi connectivity index (χ4n) is 3.75. The molecule has 4 rings (SSSR count). The summed E-state index contributed by atoms with van der Waals surface area (Å²) >= 11 is 0. The lowest BCUT2D eigenvalue weighted by atomic mass is 9.78. The van der Waals surface area contributed by atoms with E-state index in [0.29, 0.717) is 5.41 Å². The molecule has 2 aromatic rings. The third-order valence-corrected chi connectivity index (χ3v) is 4.99. The summed E-state index contributed by atoms with van der Waals surface area (Å²) in [5, 5.41) is 10.4. The molecule has 2 fully saturated rings. The molecular formula is C16H22N4O. The van der Waals surface area contributed by atoms with Crippen molar-refractivity contribution in [1.82, 2.24) is 20.4 Å². The molecule has 4 heterocycles. The quantitative estimate of drug-likeness (QED) is 0.908. The molecule has 0 unspecified atom stereocenters. The topological polar surface area (TPSA) is 57.1 Å². The molecule has 0 saturated carbocycles. The summed E-state index contributed by atoms with van der Waals surface area (Å²) in [6, 6.07) is 6.05. The van der Waals surface area contributed by atoms with Crippen LogP contribution in [-0.2, 0) is 6.54 Å². The van der Waals surface area contributed by atoms with Crippen LogP contribution in [0.3, 0.4) is 0 Å². The Labute approximate surface area is 124 Å². The maximum absolute atomic E-state index is 5.94. The van der Waals surface area contributed by atoms with Crippen LogP contribution in [0.15, 0.2) is 28.8 Å². The number of H-pyrrole nitrogens is 1. The molecule has 112 valence electrons. The van der Waals surface area contributed by atoms with Crippen LogP contribution in [0.5, 0.6) is 0 Å². The number of likely N-dealkylation sites (tertiary alicyclic amines) is 1. The van der Waals surface area contributed by atoms with Crippen molar-refractivity contribution in [2.24, 2.45) is 5.41 Å². The monoisotopic (exact) mass is 286 g/mol. The molecule has 1 spiro atoms. The molecule has 2 aliphatic rings. The first kappa shape index (κ1) is 13.1. The van der Waals surface area contributed by atoms with Crippen molar-refractivity contribution >= 4 is 0 Å². The largest absolute Gasteiger partial charge is 0.458 e. The van der Waals surface area contributed by atoms with Gasteiger partial charge in [0.25, 0.3) is 0 Å². The van der Waals surface area contributed by atoms with Crippen LogP contribution < -0.4 is 5.32 Å². The van der Waals surface area contributed by atoms with E-state index in [1.54, 1.807) is 6.20 Å². The highest BCUT2D eigenvalue weighted by Crippen LogP contribution is 2.39. The van der Waals surface area contributed by atoms with Crippen molar-refractivity contribution in [2.75, 3.05) is 26.2 Å². The van der Waals surface area contributed by atoms with Gasteiger partial charge in [0.2, 0.25) is 0 Å². The van der Waals surface area contributed by atoms with E-state index in [4.69, 9.17) is 4.42 Å². The maximum atomic E-state index is 5.94. The fraction of sp³-hybridized carbons (Fsp3) is 0.562. The first-order valence-corrected chi connectivity index (χ1v) is 7.85. The van der Waals surface area contributed by atoms with E-state index in [0.717, 1.165) is 23.8 Å². The maximum Gasteiger partial charge on any atom is 0.152 e. The Balaban J connectivity index is 1.41. The molecule has 5 nitrogen and oxygen atoms in total. The third-order valence-electron chi connectivity index (χ3n) is 4.99. The number of hydrogen-bond donors (Lipinski definition) is 2. The minimum absolute atomic E-state index is 0.560. The summed E-state index contributed by atoms with van der Waals surface area (Å²) in [5.74, 6) is 1.92. The number of rotatable bonds is 3. The predicted octanol–water partition coefficient (Wildman–Crippen LogP) is 2.25. The Hall–Kier alpha value is -1.59. The number of hydrogen-bond acceptors (Lipinski definition) is 4. The number of nitrogens with one attached hydrogen (secondary N) is 2. The number of piperidine rings is 1. The lowest BCUT2D eigenvalue weighted by molar-refractivity contribution is 0.189. The number of furan rings is 1. The second-order valence-electron chi connectivity index (χ2n) is 6.45. The van der Waals surface area contributed by atoms with Gasteiger partial charge in [-0.25, -0.2) is 0 Å². The van der Waals surface area contributed by atoms with Crippen molar-refractivity contribution in [3.63, 3.8) is 0 Å². The second kappa shape index (κ2) is 5.31. The summed E-state index contributed by atoms with van der Waals surface area (Å²) in [6.07, 6.45) is 5.73. The second-order valence-corrected chi connectivity index (χ2v) is 6.45. The standard InChI is InChI=1S/C16H22N4O/c1-2-15(14-3-7-18-19-14)21-13(1)11-20-10-6-16(12-20)4-8-17-9-5-16/h1-3,7,17H,4-6,8-12H2,(H,18,19). The predicted molar refractivity (Wildman–Crippen MR) is 80.7 cm³/mol. The van der Waals surface area contributed by atoms with Crippen molar-refractivity contribution in [3.8, 4) is 11.5 Å². The molecule has 21 heavy (non-hydrogen) atoms. The van der Waals surface area contributed by atoms with Gasteiger partial charge in [0.1, 0.15) is 11.5 Å². The van der Waals surface area contributed by atoms with Gasteiger partial charge in [-0.05, 0) is 62.5 Å². The van der Waals surface area contributed by atoms with Crippen LogP contribution in [0.2, 0.25) is 0 Å². The molecular weight excluding hydrogens is 264 g/mol. The fourth-order valence-corrected chi connectivity index (χ4v) is 3.75. The smallest absolute Gasteiger partial charge is 0.152 e. The third kappa shape index (κ3) is 2.63. The van der Waals surface area contributed by atoms with Crippen molar-refractivity contribution < 1.29 is 4.42 Å². The Morgan fingerprint density at radius 2 is 2.10 bits per heavy atom. The zero-order valence-corrected chi connectivity index (χ0v) is 12.3. The summed E-state index contributed by atoms with van der Waals surface area (Å²) < 4.78 is 5.94. The summed E-state index contributed by atoms with van der Waals surface area (Å²) in [7, 11) is 0. The molecule has 0 aromatic carbocycles. The van der Waals surface area contributed by atoms with E-state index < -0.39 is 0 Å². The zero-order valence-electron chi connectivity index (χ0n) is 12.3. The van der Waals surface area contributed by atoms with Crippen LogP contribution in [0, 0.1) is 5.41 Å². The average molecular weight is 286 g/mol. The van der Waals surface area contributed by atoms with Crippen LogP contribution in [-0.4, -0.2) is 41.3 Å². The van der Waals surface area contributed by atoms with Gasteiger partial charge < -0.3 is 9.73 Å². The van der Waals surface area contributed by atoms with E-state index >= 15 is 0 Å². The van der Waals surface area contributed by atoms with E-state index in [9.17, 15) is 0 Å². The van der Waals surface area contributed by atoms with E-state index in [-0.39, 0.29) is 0 Å². The van der Waals surface area contributed by atoms with Gasteiger partial charge in [0.15, 0.2) is 5.76 Å². The Morgan fingerprint density at radius 3 is 2.90 bits per heavy atom.